The van der Waals surface area contributed by atoms with Gasteiger partial charge in [-0.15, -0.1) is 0 Å². The van der Waals surface area contributed by atoms with Crippen molar-refractivity contribution in [2.75, 3.05) is 6.54 Å². The molecule has 0 bridgehead atoms. The Kier molecular flexibility index (Phi) is 4.08. The number of hydrogen-bond acceptors (Lipinski definition) is 3. The zero-order chi connectivity index (χ0) is 16.8. The molecule has 2 aromatic rings. The van der Waals surface area contributed by atoms with E-state index in [9.17, 15) is 9.18 Å². The first-order valence-corrected chi connectivity index (χ1v) is 8.37. The number of carbonyl (C=O) groups excluding carboxylic acids is 1. The Morgan fingerprint density at radius 3 is 2.87 bits per heavy atom. The molecule has 1 aliphatic rings. The van der Waals surface area contributed by atoms with Gasteiger partial charge in [0.15, 0.2) is 0 Å². The van der Waals surface area contributed by atoms with E-state index in [1.807, 2.05) is 27.0 Å². The number of nitrogens with zero attached hydrogens (tertiary/aromatic N) is 3. The van der Waals surface area contributed by atoms with E-state index in [1.165, 1.54) is 6.07 Å². The molecule has 7 heteroatoms. The highest BCUT2D eigenvalue weighted by Crippen LogP contribution is 2.33. The third kappa shape index (κ3) is 3.34. The maximum Gasteiger partial charge on any atom is 0.410 e. The zero-order valence-electron chi connectivity index (χ0n) is 13.3. The van der Waals surface area contributed by atoms with Gasteiger partial charge in [0.1, 0.15) is 17.1 Å². The summed E-state index contributed by atoms with van der Waals surface area (Å²) >= 11 is 3.17. The maximum absolute atomic E-state index is 13.6. The maximum atomic E-state index is 13.6. The van der Waals surface area contributed by atoms with Crippen LogP contribution in [0.4, 0.5) is 9.18 Å². The SMILES string of the molecule is CC(C)(C)OC(=O)N1CCCC1c1cn2cc(Br)c(F)cc2n1. The molecule has 0 radical (unpaired) electrons. The molecule has 1 aliphatic heterocycles. The third-order valence-electron chi connectivity index (χ3n) is 3.74. The van der Waals surface area contributed by atoms with Gasteiger partial charge in [0.05, 0.1) is 16.2 Å². The van der Waals surface area contributed by atoms with Gasteiger partial charge in [-0.05, 0) is 49.5 Å². The van der Waals surface area contributed by atoms with E-state index < -0.39 is 5.60 Å². The molecule has 1 fully saturated rings. The number of imidazole rings is 1. The van der Waals surface area contributed by atoms with E-state index in [1.54, 1.807) is 15.5 Å². The van der Waals surface area contributed by atoms with Crippen LogP contribution in [0.15, 0.2) is 22.9 Å². The molecule has 1 saturated heterocycles. The Morgan fingerprint density at radius 2 is 2.17 bits per heavy atom. The molecule has 1 unspecified atom stereocenters. The average Bonchev–Trinajstić information content (AvgIpc) is 3.03. The first-order valence-electron chi connectivity index (χ1n) is 7.58. The molecule has 2 aromatic heterocycles. The number of aromatic nitrogens is 2. The molecule has 0 saturated carbocycles. The summed E-state index contributed by atoms with van der Waals surface area (Å²) in [7, 11) is 0. The fourth-order valence-corrected chi connectivity index (χ4v) is 3.11. The molecule has 0 aromatic carbocycles. The Labute approximate surface area is 142 Å². The van der Waals surface area contributed by atoms with Crippen LogP contribution in [-0.2, 0) is 4.74 Å². The van der Waals surface area contributed by atoms with Crippen molar-refractivity contribution in [3.8, 4) is 0 Å². The van der Waals surface area contributed by atoms with Crippen LogP contribution in [0.1, 0.15) is 45.3 Å². The average molecular weight is 384 g/mol. The number of pyridine rings is 1. The normalized spacial score (nSPS) is 18.7. The summed E-state index contributed by atoms with van der Waals surface area (Å²) in [5.74, 6) is -0.356. The summed E-state index contributed by atoms with van der Waals surface area (Å²) in [6.07, 6.45) is 4.87. The standard InChI is InChI=1S/C16H19BrFN3O2/c1-16(2,3)23-15(22)21-6-4-5-13(21)12-9-20-8-10(17)11(18)7-14(20)19-12/h7-9,13H,4-6H2,1-3H3. The number of fused-ring (bicyclic) bond motifs is 1. The number of halogens is 2. The Hall–Kier alpha value is -1.63. The molecule has 3 heterocycles. The molecule has 3 rings (SSSR count). The monoisotopic (exact) mass is 383 g/mol. The largest absolute Gasteiger partial charge is 0.444 e. The molecule has 0 N–H and O–H groups in total. The lowest BCUT2D eigenvalue weighted by Crippen LogP contribution is -2.36. The van der Waals surface area contributed by atoms with Crippen LogP contribution in [0, 0.1) is 5.82 Å². The van der Waals surface area contributed by atoms with Gasteiger partial charge in [-0.2, -0.15) is 0 Å². The minimum atomic E-state index is -0.531. The summed E-state index contributed by atoms with van der Waals surface area (Å²) < 4.78 is 21.2. The summed E-state index contributed by atoms with van der Waals surface area (Å²) in [6.45, 7) is 6.19. The highest BCUT2D eigenvalue weighted by molar-refractivity contribution is 9.10. The fraction of sp³-hybridized carbons (Fsp3) is 0.500. The molecule has 1 atom stereocenters. The predicted octanol–water partition coefficient (Wildman–Crippen LogP) is 4.31. The Bertz CT molecular complexity index is 715. The topological polar surface area (TPSA) is 46.8 Å². The van der Waals surface area contributed by atoms with Gasteiger partial charge < -0.3 is 9.14 Å². The van der Waals surface area contributed by atoms with Crippen LogP contribution >= 0.6 is 15.9 Å². The van der Waals surface area contributed by atoms with Crippen molar-refractivity contribution < 1.29 is 13.9 Å². The van der Waals surface area contributed by atoms with E-state index in [2.05, 4.69) is 20.9 Å². The van der Waals surface area contributed by atoms with Gasteiger partial charge in [-0.25, -0.2) is 14.2 Å². The van der Waals surface area contributed by atoms with Gasteiger partial charge in [0, 0.05) is 25.0 Å². The van der Waals surface area contributed by atoms with E-state index in [0.29, 0.717) is 16.7 Å². The number of carbonyl (C=O) groups is 1. The van der Waals surface area contributed by atoms with Gasteiger partial charge in [0.25, 0.3) is 0 Å². The third-order valence-corrected chi connectivity index (χ3v) is 4.32. The molecule has 23 heavy (non-hydrogen) atoms. The van der Waals surface area contributed by atoms with Crippen molar-refractivity contribution in [2.24, 2.45) is 0 Å². The molecule has 124 valence electrons. The predicted molar refractivity (Wildman–Crippen MR) is 87.8 cm³/mol. The molecule has 5 nitrogen and oxygen atoms in total. The highest BCUT2D eigenvalue weighted by atomic mass is 79.9. The second kappa shape index (κ2) is 5.78. The molecule has 0 aliphatic carbocycles. The van der Waals surface area contributed by atoms with Crippen molar-refractivity contribution in [3.05, 3.63) is 34.4 Å². The van der Waals surface area contributed by atoms with Gasteiger partial charge in [-0.1, -0.05) is 0 Å². The van der Waals surface area contributed by atoms with Gasteiger partial charge in [0.2, 0.25) is 0 Å². The number of rotatable bonds is 1. The van der Waals surface area contributed by atoms with Crippen molar-refractivity contribution in [3.63, 3.8) is 0 Å². The molecular weight excluding hydrogens is 365 g/mol. The number of amides is 1. The van der Waals surface area contributed by atoms with E-state index in [-0.39, 0.29) is 18.0 Å². The first kappa shape index (κ1) is 16.2. The van der Waals surface area contributed by atoms with Crippen LogP contribution < -0.4 is 0 Å². The molecule has 1 amide bonds. The lowest BCUT2D eigenvalue weighted by molar-refractivity contribution is 0.0222. The van der Waals surface area contributed by atoms with Crippen molar-refractivity contribution in [1.82, 2.24) is 14.3 Å². The number of hydrogen-bond donors (Lipinski definition) is 0. The van der Waals surface area contributed by atoms with Crippen LogP contribution in [0.2, 0.25) is 0 Å². The van der Waals surface area contributed by atoms with E-state index in [4.69, 9.17) is 4.74 Å². The highest BCUT2D eigenvalue weighted by Gasteiger charge is 2.34. The van der Waals surface area contributed by atoms with Crippen LogP contribution in [-0.4, -0.2) is 32.5 Å². The van der Waals surface area contributed by atoms with Crippen LogP contribution in [0.3, 0.4) is 0 Å². The van der Waals surface area contributed by atoms with E-state index >= 15 is 0 Å². The second-order valence-corrected chi connectivity index (χ2v) is 7.59. The van der Waals surface area contributed by atoms with Crippen molar-refractivity contribution in [2.45, 2.75) is 45.3 Å². The smallest absolute Gasteiger partial charge is 0.410 e. The molecular formula is C16H19BrFN3O2. The minimum absolute atomic E-state index is 0.133. The summed E-state index contributed by atoms with van der Waals surface area (Å²) in [5.41, 5.74) is 0.750. The van der Waals surface area contributed by atoms with Gasteiger partial charge in [-0.3, -0.25) is 4.90 Å². The molecule has 0 spiro atoms. The lowest BCUT2D eigenvalue weighted by Gasteiger charge is -2.27. The van der Waals surface area contributed by atoms with Crippen LogP contribution in [0.25, 0.3) is 5.65 Å². The van der Waals surface area contributed by atoms with Crippen LogP contribution in [0.5, 0.6) is 0 Å². The zero-order valence-corrected chi connectivity index (χ0v) is 14.9. The Balaban J connectivity index is 1.89. The van der Waals surface area contributed by atoms with E-state index in [0.717, 1.165) is 18.5 Å². The first-order chi connectivity index (χ1) is 10.7. The minimum Gasteiger partial charge on any atom is -0.444 e. The number of ether oxygens (including phenoxy) is 1. The lowest BCUT2D eigenvalue weighted by atomic mass is 10.1. The second-order valence-electron chi connectivity index (χ2n) is 6.73. The fourth-order valence-electron chi connectivity index (χ4n) is 2.78. The Morgan fingerprint density at radius 1 is 1.43 bits per heavy atom. The summed E-state index contributed by atoms with van der Waals surface area (Å²) in [5, 5.41) is 0. The quantitative estimate of drug-likeness (QED) is 0.736. The number of likely N-dealkylation sites (tertiary alicyclic amines) is 1. The summed E-state index contributed by atoms with van der Waals surface area (Å²) in [4.78, 5) is 18.6. The van der Waals surface area contributed by atoms with Gasteiger partial charge >= 0.3 is 6.09 Å². The van der Waals surface area contributed by atoms with Crippen molar-refractivity contribution in [1.29, 1.82) is 0 Å². The summed E-state index contributed by atoms with van der Waals surface area (Å²) in [6, 6.07) is 1.24. The van der Waals surface area contributed by atoms with Crippen molar-refractivity contribution >= 4 is 27.7 Å².